The number of benzene rings is 1. The number of nitrogens with two attached hydrogens (primary N) is 1. The van der Waals surface area contributed by atoms with Gasteiger partial charge in [-0.2, -0.15) is 0 Å². The molecule has 0 radical (unpaired) electrons. The third-order valence-corrected chi connectivity index (χ3v) is 3.35. The Morgan fingerprint density at radius 1 is 1.42 bits per heavy atom. The summed E-state index contributed by atoms with van der Waals surface area (Å²) in [6.45, 7) is 1.12. The lowest BCUT2D eigenvalue weighted by molar-refractivity contribution is 0.0952. The number of nitrogen functional groups attached to an aromatic ring is 1. The largest absolute Gasteiger partial charge is 0.397 e. The van der Waals surface area contributed by atoms with Gasteiger partial charge in [-0.05, 0) is 12.1 Å². The molecule has 0 saturated carbocycles. The summed E-state index contributed by atoms with van der Waals surface area (Å²) >= 11 is 11.7. The van der Waals surface area contributed by atoms with Gasteiger partial charge in [0.1, 0.15) is 0 Å². The van der Waals surface area contributed by atoms with E-state index in [0.29, 0.717) is 18.7 Å². The fourth-order valence-electron chi connectivity index (χ4n) is 1.56. The number of halogens is 2. The molecule has 0 aliphatic carbocycles. The number of rotatable bonds is 4. The zero-order chi connectivity index (χ0) is 13.8. The summed E-state index contributed by atoms with van der Waals surface area (Å²) in [6, 6.07) is 2.99. The summed E-state index contributed by atoms with van der Waals surface area (Å²) in [5.41, 5.74) is 6.33. The van der Waals surface area contributed by atoms with Crippen molar-refractivity contribution >= 4 is 34.8 Å². The number of anilines is 1. The van der Waals surface area contributed by atoms with Crippen molar-refractivity contribution in [1.29, 1.82) is 0 Å². The summed E-state index contributed by atoms with van der Waals surface area (Å²) in [4.78, 5) is 15.8. The topological polar surface area (TPSA) is 72.9 Å². The fraction of sp³-hybridized carbons (Fsp3) is 0.167. The van der Waals surface area contributed by atoms with Crippen LogP contribution in [0.5, 0.6) is 0 Å². The Balaban J connectivity index is 1.96. The fourth-order valence-corrected chi connectivity index (χ4v) is 1.90. The molecule has 2 aromatic rings. The third kappa shape index (κ3) is 3.39. The van der Waals surface area contributed by atoms with Gasteiger partial charge in [0.2, 0.25) is 0 Å². The van der Waals surface area contributed by atoms with Crippen LogP contribution in [0.2, 0.25) is 10.0 Å². The molecule has 0 unspecified atom stereocenters. The van der Waals surface area contributed by atoms with Crippen LogP contribution in [0, 0.1) is 0 Å². The van der Waals surface area contributed by atoms with E-state index in [4.69, 9.17) is 28.9 Å². The highest BCUT2D eigenvalue weighted by Gasteiger charge is 2.10. The monoisotopic (exact) mass is 298 g/mol. The van der Waals surface area contributed by atoms with Crippen molar-refractivity contribution in [3.63, 3.8) is 0 Å². The van der Waals surface area contributed by atoms with Crippen molar-refractivity contribution in [2.75, 3.05) is 12.3 Å². The number of hydrogen-bond donors (Lipinski definition) is 2. The van der Waals surface area contributed by atoms with E-state index in [9.17, 15) is 4.79 Å². The van der Waals surface area contributed by atoms with Crippen molar-refractivity contribution in [2.24, 2.45) is 0 Å². The van der Waals surface area contributed by atoms with Crippen molar-refractivity contribution in [2.45, 2.75) is 6.54 Å². The quantitative estimate of drug-likeness (QED) is 0.850. The molecule has 1 heterocycles. The second kappa shape index (κ2) is 5.95. The maximum Gasteiger partial charge on any atom is 0.251 e. The molecular formula is C12H12Cl2N4O. The lowest BCUT2D eigenvalue weighted by Crippen LogP contribution is -2.27. The van der Waals surface area contributed by atoms with Gasteiger partial charge in [0.05, 0.1) is 22.1 Å². The summed E-state index contributed by atoms with van der Waals surface area (Å²) in [7, 11) is 0. The molecule has 5 nitrogen and oxygen atoms in total. The number of nitrogens with one attached hydrogen (secondary N) is 1. The van der Waals surface area contributed by atoms with Crippen LogP contribution in [0.1, 0.15) is 10.4 Å². The molecule has 1 amide bonds. The van der Waals surface area contributed by atoms with E-state index in [1.54, 1.807) is 12.5 Å². The molecule has 0 aliphatic rings. The van der Waals surface area contributed by atoms with Crippen LogP contribution in [-0.4, -0.2) is 22.0 Å². The highest BCUT2D eigenvalue weighted by atomic mass is 35.5. The van der Waals surface area contributed by atoms with Crippen molar-refractivity contribution in [1.82, 2.24) is 14.9 Å². The summed E-state index contributed by atoms with van der Waals surface area (Å²) in [6.07, 6.45) is 5.19. The molecule has 0 spiro atoms. The number of carbonyl (C=O) groups excluding carboxylic acids is 1. The SMILES string of the molecule is Nc1cc(C(=O)NCCn2ccnc2)cc(Cl)c1Cl. The van der Waals surface area contributed by atoms with Crippen molar-refractivity contribution < 1.29 is 4.79 Å². The molecule has 0 aliphatic heterocycles. The van der Waals surface area contributed by atoms with Crippen molar-refractivity contribution in [3.8, 4) is 0 Å². The first-order valence-corrected chi connectivity index (χ1v) is 6.32. The Morgan fingerprint density at radius 3 is 2.84 bits per heavy atom. The highest BCUT2D eigenvalue weighted by Crippen LogP contribution is 2.29. The van der Waals surface area contributed by atoms with Gasteiger partial charge in [0.25, 0.3) is 5.91 Å². The lowest BCUT2D eigenvalue weighted by atomic mass is 10.2. The molecule has 3 N–H and O–H groups in total. The minimum atomic E-state index is -0.245. The molecule has 2 rings (SSSR count). The number of nitrogens with zero attached hydrogens (tertiary/aromatic N) is 2. The molecule has 7 heteroatoms. The molecule has 0 atom stereocenters. The number of hydrogen-bond acceptors (Lipinski definition) is 3. The van der Waals surface area contributed by atoms with Crippen LogP contribution >= 0.6 is 23.2 Å². The van der Waals surface area contributed by atoms with E-state index in [1.807, 2.05) is 10.8 Å². The van der Waals surface area contributed by atoms with Gasteiger partial charge in [0, 0.05) is 31.0 Å². The standard InChI is InChI=1S/C12H12Cl2N4O/c13-9-5-8(6-10(15)11(9)14)12(19)17-2-4-18-3-1-16-7-18/h1,3,5-7H,2,4,15H2,(H,17,19). The number of aromatic nitrogens is 2. The number of amides is 1. The van der Waals surface area contributed by atoms with Gasteiger partial charge in [-0.3, -0.25) is 4.79 Å². The first-order valence-electron chi connectivity index (χ1n) is 5.56. The van der Waals surface area contributed by atoms with Crippen molar-refractivity contribution in [3.05, 3.63) is 46.5 Å². The average Bonchev–Trinajstić information content (AvgIpc) is 2.88. The van der Waals surface area contributed by atoms with Crippen LogP contribution in [0.15, 0.2) is 30.9 Å². The van der Waals surface area contributed by atoms with E-state index in [-0.39, 0.29) is 21.6 Å². The minimum Gasteiger partial charge on any atom is -0.397 e. The van der Waals surface area contributed by atoms with E-state index in [1.165, 1.54) is 12.1 Å². The Hall–Kier alpha value is -1.72. The van der Waals surface area contributed by atoms with Gasteiger partial charge in [0.15, 0.2) is 0 Å². The van der Waals surface area contributed by atoms with Crippen LogP contribution in [0.3, 0.4) is 0 Å². The lowest BCUT2D eigenvalue weighted by Gasteiger charge is -2.08. The Bertz CT molecular complexity index is 560. The van der Waals surface area contributed by atoms with Crippen LogP contribution < -0.4 is 11.1 Å². The maximum absolute atomic E-state index is 11.9. The maximum atomic E-state index is 11.9. The zero-order valence-electron chi connectivity index (χ0n) is 9.94. The molecule has 19 heavy (non-hydrogen) atoms. The zero-order valence-corrected chi connectivity index (χ0v) is 11.4. The molecule has 0 fully saturated rings. The van der Waals surface area contributed by atoms with Crippen LogP contribution in [0.4, 0.5) is 5.69 Å². The van der Waals surface area contributed by atoms with E-state index < -0.39 is 0 Å². The molecule has 0 saturated heterocycles. The Kier molecular flexibility index (Phi) is 4.29. The number of carbonyl (C=O) groups is 1. The van der Waals surface area contributed by atoms with Gasteiger partial charge < -0.3 is 15.6 Å². The number of imidazole rings is 1. The van der Waals surface area contributed by atoms with Gasteiger partial charge in [-0.25, -0.2) is 4.98 Å². The first-order chi connectivity index (χ1) is 9.08. The molecule has 100 valence electrons. The van der Waals surface area contributed by atoms with E-state index in [2.05, 4.69) is 10.3 Å². The summed E-state index contributed by atoms with van der Waals surface area (Å²) in [5.74, 6) is -0.245. The van der Waals surface area contributed by atoms with Gasteiger partial charge in [-0.1, -0.05) is 23.2 Å². The van der Waals surface area contributed by atoms with E-state index in [0.717, 1.165) is 0 Å². The predicted octanol–water partition coefficient (Wildman–Crippen LogP) is 2.20. The highest BCUT2D eigenvalue weighted by molar-refractivity contribution is 6.43. The smallest absolute Gasteiger partial charge is 0.251 e. The average molecular weight is 299 g/mol. The Morgan fingerprint density at radius 2 is 2.21 bits per heavy atom. The van der Waals surface area contributed by atoms with Crippen LogP contribution in [-0.2, 0) is 6.54 Å². The second-order valence-corrected chi connectivity index (χ2v) is 4.70. The van der Waals surface area contributed by atoms with Gasteiger partial charge in [-0.15, -0.1) is 0 Å². The third-order valence-electron chi connectivity index (χ3n) is 2.53. The van der Waals surface area contributed by atoms with Crippen LogP contribution in [0.25, 0.3) is 0 Å². The first kappa shape index (κ1) is 13.7. The Labute approximate surface area is 120 Å². The molecular weight excluding hydrogens is 287 g/mol. The minimum absolute atomic E-state index is 0.245. The normalized spacial score (nSPS) is 10.4. The summed E-state index contributed by atoms with van der Waals surface area (Å²) in [5, 5.41) is 3.29. The summed E-state index contributed by atoms with van der Waals surface area (Å²) < 4.78 is 1.86. The molecule has 0 bridgehead atoms. The molecule has 1 aromatic heterocycles. The van der Waals surface area contributed by atoms with Gasteiger partial charge >= 0.3 is 0 Å². The van der Waals surface area contributed by atoms with E-state index >= 15 is 0 Å². The predicted molar refractivity (Wildman–Crippen MR) is 75.4 cm³/mol. The molecule has 1 aromatic carbocycles. The second-order valence-electron chi connectivity index (χ2n) is 3.92.